The Balaban J connectivity index is 2.69. The average molecular weight is 275 g/mol. The Morgan fingerprint density at radius 3 is 1.75 bits per heavy atom. The predicted octanol–water partition coefficient (Wildman–Crippen LogP) is 4.44. The zero-order chi connectivity index (χ0) is 9.41. The van der Waals surface area contributed by atoms with Crippen LogP contribution in [0.25, 0.3) is 0 Å². The summed E-state index contributed by atoms with van der Waals surface area (Å²) in [5.74, 6) is 0. The molecule has 0 atom stereocenters. The summed E-state index contributed by atoms with van der Waals surface area (Å²) < 4.78 is 1.85. The molecule has 1 rings (SSSR count). The molecule has 0 heterocycles. The molecule has 0 N–H and O–H groups in total. The first-order valence-electron chi connectivity index (χ1n) is 5.36. The first-order valence-corrected chi connectivity index (χ1v) is 14.1. The van der Waals surface area contributed by atoms with Gasteiger partial charge in [0, 0.05) is 0 Å². The molecule has 0 bridgehead atoms. The number of hydrogen-bond acceptors (Lipinski definition) is 0. The van der Waals surface area contributed by atoms with Gasteiger partial charge in [0.2, 0.25) is 0 Å². The molecule has 0 radical (unpaired) electrons. The van der Waals surface area contributed by atoms with Gasteiger partial charge in [-0.05, 0) is 0 Å². The summed E-state index contributed by atoms with van der Waals surface area (Å²) >= 11 is -1.73. The zero-order valence-electron chi connectivity index (χ0n) is 9.41. The third kappa shape index (κ3) is 1.99. The number of rotatable bonds is 1. The fourth-order valence-electron chi connectivity index (χ4n) is 2.26. The second-order valence-electron chi connectivity index (χ2n) is 5.95. The van der Waals surface area contributed by atoms with E-state index in [1.807, 2.05) is 0 Å². The summed E-state index contributed by atoms with van der Waals surface area (Å²) in [6, 6.07) is 0. The van der Waals surface area contributed by atoms with Gasteiger partial charge in [-0.15, -0.1) is 0 Å². The van der Waals surface area contributed by atoms with Gasteiger partial charge in [-0.25, -0.2) is 0 Å². The standard InChI is InChI=1S/C5H9.C4H9.2CH3.Sn/c1-2-4-5-3-1;1-4(2)3;;;/h1H,2-5H2;1-3H3;2*1H3;. The molecule has 0 saturated heterocycles. The third-order valence-electron chi connectivity index (χ3n) is 4.31. The maximum absolute atomic E-state index is 2.66. The van der Waals surface area contributed by atoms with E-state index in [9.17, 15) is 0 Å². The molecule has 0 unspecified atom stereocenters. The van der Waals surface area contributed by atoms with E-state index in [0.717, 1.165) is 0 Å². The molecule has 0 aliphatic heterocycles. The van der Waals surface area contributed by atoms with Gasteiger partial charge >= 0.3 is 82.1 Å². The molecular formula is C11H24Sn. The Morgan fingerprint density at radius 2 is 1.42 bits per heavy atom. The van der Waals surface area contributed by atoms with Crippen molar-refractivity contribution >= 4 is 18.4 Å². The van der Waals surface area contributed by atoms with Crippen molar-refractivity contribution in [2.45, 2.75) is 63.7 Å². The van der Waals surface area contributed by atoms with Crippen LogP contribution in [0.15, 0.2) is 0 Å². The van der Waals surface area contributed by atoms with E-state index < -0.39 is 18.4 Å². The summed E-state index contributed by atoms with van der Waals surface area (Å²) in [6.45, 7) is 7.42. The Bertz CT molecular complexity index is 147. The summed E-state index contributed by atoms with van der Waals surface area (Å²) in [5.41, 5.74) is 0. The third-order valence-corrected chi connectivity index (χ3v) is 22.8. The van der Waals surface area contributed by atoms with Crippen molar-refractivity contribution in [1.29, 1.82) is 0 Å². The van der Waals surface area contributed by atoms with Crippen LogP contribution in [0.2, 0.25) is 17.2 Å². The SMILES string of the molecule is C[C](C)(C)[Sn]([CH3])([CH3])[CH]1CCCC1. The number of hydrogen-bond donors (Lipinski definition) is 0. The Morgan fingerprint density at radius 1 is 1.00 bits per heavy atom. The van der Waals surface area contributed by atoms with Gasteiger partial charge in [0.25, 0.3) is 0 Å². The van der Waals surface area contributed by atoms with Gasteiger partial charge < -0.3 is 0 Å². The molecule has 1 fully saturated rings. The van der Waals surface area contributed by atoms with Crippen molar-refractivity contribution in [2.75, 3.05) is 0 Å². The molecule has 0 spiro atoms. The van der Waals surface area contributed by atoms with Crippen LogP contribution in [0.1, 0.15) is 46.5 Å². The van der Waals surface area contributed by atoms with Crippen LogP contribution in [-0.2, 0) is 0 Å². The summed E-state index contributed by atoms with van der Waals surface area (Å²) in [6.07, 6.45) is 6.14. The molecule has 72 valence electrons. The first-order chi connectivity index (χ1) is 5.36. The van der Waals surface area contributed by atoms with E-state index in [-0.39, 0.29) is 0 Å². The maximum atomic E-state index is 2.66. The van der Waals surface area contributed by atoms with E-state index in [1.165, 1.54) is 16.8 Å². The molecule has 0 amide bonds. The molecule has 0 aromatic carbocycles. The Labute approximate surface area is 82.0 Å². The zero-order valence-corrected chi connectivity index (χ0v) is 12.3. The van der Waals surface area contributed by atoms with Gasteiger partial charge in [0.05, 0.1) is 0 Å². The topological polar surface area (TPSA) is 0 Å². The van der Waals surface area contributed by atoms with Crippen molar-refractivity contribution in [3.63, 3.8) is 0 Å². The fourth-order valence-corrected chi connectivity index (χ4v) is 11.0. The van der Waals surface area contributed by atoms with Crippen LogP contribution < -0.4 is 0 Å². The normalized spacial score (nSPS) is 21.8. The quantitative estimate of drug-likeness (QED) is 0.620. The molecular weight excluding hydrogens is 251 g/mol. The van der Waals surface area contributed by atoms with Crippen molar-refractivity contribution < 1.29 is 0 Å². The van der Waals surface area contributed by atoms with E-state index in [2.05, 4.69) is 30.7 Å². The minimum atomic E-state index is -1.73. The van der Waals surface area contributed by atoms with E-state index >= 15 is 0 Å². The monoisotopic (exact) mass is 276 g/mol. The van der Waals surface area contributed by atoms with Crippen LogP contribution in [0.3, 0.4) is 0 Å². The molecule has 0 nitrogen and oxygen atoms in total. The molecule has 1 aliphatic carbocycles. The second-order valence-corrected chi connectivity index (χ2v) is 22.4. The van der Waals surface area contributed by atoms with Gasteiger partial charge in [-0.1, -0.05) is 0 Å². The van der Waals surface area contributed by atoms with Gasteiger partial charge in [0.1, 0.15) is 0 Å². The fraction of sp³-hybridized carbons (Fsp3) is 1.00. The molecule has 0 aromatic heterocycles. The van der Waals surface area contributed by atoms with Crippen molar-refractivity contribution in [2.24, 2.45) is 0 Å². The van der Waals surface area contributed by atoms with Gasteiger partial charge in [-0.2, -0.15) is 0 Å². The average Bonchev–Trinajstić information content (AvgIpc) is 2.34. The molecule has 0 aromatic rings. The summed E-state index contributed by atoms with van der Waals surface area (Å²) in [5, 5.41) is 0. The summed E-state index contributed by atoms with van der Waals surface area (Å²) in [7, 11) is 0. The summed E-state index contributed by atoms with van der Waals surface area (Å²) in [4.78, 5) is 5.31. The Hall–Kier alpha value is 0.799. The second kappa shape index (κ2) is 3.51. The minimum absolute atomic E-state index is 0.670. The van der Waals surface area contributed by atoms with Crippen molar-refractivity contribution in [1.82, 2.24) is 0 Å². The molecule has 1 saturated carbocycles. The molecule has 1 heteroatoms. The Kier molecular flexibility index (Phi) is 3.18. The van der Waals surface area contributed by atoms with E-state index in [4.69, 9.17) is 0 Å². The molecule has 12 heavy (non-hydrogen) atoms. The predicted molar refractivity (Wildman–Crippen MR) is 59.4 cm³/mol. The van der Waals surface area contributed by atoms with Crippen molar-refractivity contribution in [3.05, 3.63) is 0 Å². The van der Waals surface area contributed by atoms with Gasteiger partial charge in [0.15, 0.2) is 0 Å². The van der Waals surface area contributed by atoms with Crippen LogP contribution >= 0.6 is 0 Å². The van der Waals surface area contributed by atoms with Crippen molar-refractivity contribution in [3.8, 4) is 0 Å². The van der Waals surface area contributed by atoms with E-state index in [0.29, 0.717) is 3.43 Å². The van der Waals surface area contributed by atoms with Crippen LogP contribution in [0.5, 0.6) is 0 Å². The van der Waals surface area contributed by atoms with Crippen LogP contribution in [0.4, 0.5) is 0 Å². The molecule has 1 aliphatic rings. The van der Waals surface area contributed by atoms with Gasteiger partial charge in [-0.3, -0.25) is 0 Å². The van der Waals surface area contributed by atoms with E-state index in [1.54, 1.807) is 12.8 Å². The van der Waals surface area contributed by atoms with Crippen LogP contribution in [-0.4, -0.2) is 18.4 Å². The first kappa shape index (κ1) is 10.9. The van der Waals surface area contributed by atoms with Crippen LogP contribution in [0, 0.1) is 0 Å².